The lowest BCUT2D eigenvalue weighted by molar-refractivity contribution is -0.132. The number of carbonyl (C=O) groups is 1. The van der Waals surface area contributed by atoms with Gasteiger partial charge in [0.1, 0.15) is 6.54 Å². The van der Waals surface area contributed by atoms with Crippen LogP contribution in [-0.2, 0) is 17.9 Å². The Morgan fingerprint density at radius 1 is 1.19 bits per heavy atom. The number of likely N-dealkylation sites (N-methyl/N-ethyl adjacent to an activating group) is 1. The zero-order valence-corrected chi connectivity index (χ0v) is 16.2. The molecule has 1 unspecified atom stereocenters. The Morgan fingerprint density at radius 2 is 1.93 bits per heavy atom. The first-order chi connectivity index (χ1) is 12.6. The molecule has 27 heavy (non-hydrogen) atoms. The number of nitrogens with zero attached hydrogens (tertiary/aromatic N) is 3. The quantitative estimate of drug-likeness (QED) is 0.784. The van der Waals surface area contributed by atoms with Gasteiger partial charge >= 0.3 is 5.69 Å². The van der Waals surface area contributed by atoms with Crippen LogP contribution < -0.4 is 16.6 Å². The number of amides is 1. The summed E-state index contributed by atoms with van der Waals surface area (Å²) in [5.41, 5.74) is 0.0517. The highest BCUT2D eigenvalue weighted by molar-refractivity contribution is 5.85. The van der Waals surface area contributed by atoms with E-state index in [-0.39, 0.29) is 30.9 Å². The molecule has 0 spiro atoms. The van der Waals surface area contributed by atoms with Gasteiger partial charge in [0, 0.05) is 31.4 Å². The molecule has 146 valence electrons. The fourth-order valence-corrected chi connectivity index (χ4v) is 3.44. The van der Waals surface area contributed by atoms with Crippen molar-refractivity contribution in [2.24, 2.45) is 0 Å². The highest BCUT2D eigenvalue weighted by atomic mass is 35.5. The molecule has 0 aliphatic carbocycles. The SMILES string of the molecule is CNCC1CCCN1C(=O)Cn1c(=O)ccn(Cc2ccccc2)c1=O.Cl. The minimum Gasteiger partial charge on any atom is -0.337 e. The van der Waals surface area contributed by atoms with Gasteiger partial charge in [0.2, 0.25) is 5.91 Å². The number of rotatable bonds is 6. The van der Waals surface area contributed by atoms with Gasteiger partial charge in [-0.05, 0) is 25.5 Å². The van der Waals surface area contributed by atoms with Gasteiger partial charge < -0.3 is 10.2 Å². The third-order valence-corrected chi connectivity index (χ3v) is 4.77. The molecule has 0 radical (unpaired) electrons. The Morgan fingerprint density at radius 3 is 2.63 bits per heavy atom. The molecule has 0 saturated carbocycles. The standard InChI is InChI=1S/C19H24N4O3.ClH/c1-20-12-16-8-5-10-22(16)18(25)14-23-17(24)9-11-21(19(23)26)13-15-6-3-2-4-7-15;/h2-4,6-7,9,11,16,20H,5,8,10,12-14H2,1H3;1H. The third-order valence-electron chi connectivity index (χ3n) is 4.77. The molecule has 7 nitrogen and oxygen atoms in total. The third kappa shape index (κ3) is 4.87. The first-order valence-electron chi connectivity index (χ1n) is 8.88. The van der Waals surface area contributed by atoms with Crippen molar-refractivity contribution in [3.63, 3.8) is 0 Å². The van der Waals surface area contributed by atoms with E-state index in [1.165, 1.54) is 16.8 Å². The van der Waals surface area contributed by atoms with Crippen molar-refractivity contribution in [2.45, 2.75) is 32.0 Å². The maximum absolute atomic E-state index is 12.7. The first-order valence-corrected chi connectivity index (χ1v) is 8.88. The molecule has 1 aromatic heterocycles. The number of halogens is 1. The molecule has 8 heteroatoms. The zero-order valence-electron chi connectivity index (χ0n) is 15.3. The second-order valence-corrected chi connectivity index (χ2v) is 6.58. The van der Waals surface area contributed by atoms with E-state index in [1.807, 2.05) is 37.4 Å². The minimum atomic E-state index is -0.459. The van der Waals surface area contributed by atoms with Crippen LogP contribution in [0, 0.1) is 0 Å². The average molecular weight is 393 g/mol. The van der Waals surface area contributed by atoms with Gasteiger partial charge in [-0.3, -0.25) is 18.7 Å². The van der Waals surface area contributed by atoms with Crippen molar-refractivity contribution >= 4 is 18.3 Å². The van der Waals surface area contributed by atoms with Gasteiger partial charge in [-0.25, -0.2) is 4.79 Å². The average Bonchev–Trinajstić information content (AvgIpc) is 3.10. The number of nitrogens with one attached hydrogen (secondary N) is 1. The summed E-state index contributed by atoms with van der Waals surface area (Å²) in [7, 11) is 1.85. The van der Waals surface area contributed by atoms with Crippen molar-refractivity contribution in [1.29, 1.82) is 0 Å². The Labute approximate surface area is 164 Å². The zero-order chi connectivity index (χ0) is 18.5. The number of likely N-dealkylation sites (tertiary alicyclic amines) is 1. The van der Waals surface area contributed by atoms with Gasteiger partial charge in [-0.15, -0.1) is 12.4 Å². The lowest BCUT2D eigenvalue weighted by atomic mass is 10.2. The van der Waals surface area contributed by atoms with Crippen molar-refractivity contribution in [1.82, 2.24) is 19.4 Å². The van der Waals surface area contributed by atoms with E-state index in [4.69, 9.17) is 0 Å². The molecule has 0 bridgehead atoms. The van der Waals surface area contributed by atoms with Crippen LogP contribution in [0.3, 0.4) is 0 Å². The molecule has 2 heterocycles. The molecule has 1 aliphatic heterocycles. The smallest absolute Gasteiger partial charge is 0.331 e. The van der Waals surface area contributed by atoms with Gasteiger partial charge in [0.25, 0.3) is 5.56 Å². The fourth-order valence-electron chi connectivity index (χ4n) is 3.44. The van der Waals surface area contributed by atoms with Gasteiger partial charge in [-0.1, -0.05) is 30.3 Å². The maximum atomic E-state index is 12.7. The van der Waals surface area contributed by atoms with E-state index in [0.717, 1.165) is 23.0 Å². The van der Waals surface area contributed by atoms with Crippen LogP contribution in [0.25, 0.3) is 0 Å². The van der Waals surface area contributed by atoms with Crippen LogP contribution in [0.5, 0.6) is 0 Å². The largest absolute Gasteiger partial charge is 0.337 e. The normalized spacial score (nSPS) is 16.2. The number of hydrogen-bond donors (Lipinski definition) is 1. The summed E-state index contributed by atoms with van der Waals surface area (Å²) in [5, 5.41) is 3.09. The lowest BCUT2D eigenvalue weighted by Gasteiger charge is -2.24. The highest BCUT2D eigenvalue weighted by Crippen LogP contribution is 2.16. The second kappa shape index (κ2) is 9.53. The Bertz CT molecular complexity index is 879. The predicted octanol–water partition coefficient (Wildman–Crippen LogP) is 0.690. The first kappa shape index (κ1) is 20.9. The molecule has 3 rings (SSSR count). The van der Waals surface area contributed by atoms with E-state index < -0.39 is 11.2 Å². The van der Waals surface area contributed by atoms with Crippen LogP contribution in [-0.4, -0.2) is 46.1 Å². The molecule has 1 saturated heterocycles. The summed E-state index contributed by atoms with van der Waals surface area (Å²) < 4.78 is 2.49. The molecule has 1 aromatic carbocycles. The van der Waals surface area contributed by atoms with E-state index in [1.54, 1.807) is 4.90 Å². The van der Waals surface area contributed by atoms with Crippen LogP contribution in [0.15, 0.2) is 52.2 Å². The highest BCUT2D eigenvalue weighted by Gasteiger charge is 2.28. The fraction of sp³-hybridized carbons (Fsp3) is 0.421. The Balaban J connectivity index is 0.00000261. The van der Waals surface area contributed by atoms with E-state index >= 15 is 0 Å². The van der Waals surface area contributed by atoms with Crippen LogP contribution in [0.4, 0.5) is 0 Å². The minimum absolute atomic E-state index is 0. The topological polar surface area (TPSA) is 76.3 Å². The van der Waals surface area contributed by atoms with Crippen LogP contribution in [0.2, 0.25) is 0 Å². The predicted molar refractivity (Wildman–Crippen MR) is 106 cm³/mol. The molecule has 2 aromatic rings. The van der Waals surface area contributed by atoms with E-state index in [2.05, 4.69) is 5.32 Å². The van der Waals surface area contributed by atoms with Gasteiger partial charge in [0.15, 0.2) is 0 Å². The molecule has 1 atom stereocenters. The van der Waals surface area contributed by atoms with Gasteiger partial charge in [-0.2, -0.15) is 0 Å². The second-order valence-electron chi connectivity index (χ2n) is 6.58. The molecule has 1 fully saturated rings. The molecular weight excluding hydrogens is 368 g/mol. The Kier molecular flexibility index (Phi) is 7.38. The van der Waals surface area contributed by atoms with Crippen molar-refractivity contribution in [2.75, 3.05) is 20.1 Å². The lowest BCUT2D eigenvalue weighted by Crippen LogP contribution is -2.47. The number of carbonyl (C=O) groups excluding carboxylic acids is 1. The van der Waals surface area contributed by atoms with Crippen LogP contribution >= 0.6 is 12.4 Å². The monoisotopic (exact) mass is 392 g/mol. The summed E-state index contributed by atoms with van der Waals surface area (Å²) in [6.45, 7) is 1.53. The Hall–Kier alpha value is -2.38. The number of benzene rings is 1. The summed E-state index contributed by atoms with van der Waals surface area (Å²) in [4.78, 5) is 39.3. The van der Waals surface area contributed by atoms with Crippen molar-refractivity contribution in [3.8, 4) is 0 Å². The summed E-state index contributed by atoms with van der Waals surface area (Å²) in [5.74, 6) is -0.181. The molecule has 1 N–H and O–H groups in total. The van der Waals surface area contributed by atoms with Crippen LogP contribution in [0.1, 0.15) is 18.4 Å². The van der Waals surface area contributed by atoms with Gasteiger partial charge in [0.05, 0.1) is 6.54 Å². The number of aromatic nitrogens is 2. The molecular formula is C19H25ClN4O3. The molecule has 1 amide bonds. The van der Waals surface area contributed by atoms with E-state index in [9.17, 15) is 14.4 Å². The number of hydrogen-bond acceptors (Lipinski definition) is 4. The summed E-state index contributed by atoms with van der Waals surface area (Å²) in [6, 6.07) is 11.0. The maximum Gasteiger partial charge on any atom is 0.331 e. The summed E-state index contributed by atoms with van der Waals surface area (Å²) >= 11 is 0. The summed E-state index contributed by atoms with van der Waals surface area (Å²) in [6.07, 6.45) is 3.37. The van der Waals surface area contributed by atoms with Crippen molar-refractivity contribution in [3.05, 3.63) is 69.0 Å². The van der Waals surface area contributed by atoms with E-state index in [0.29, 0.717) is 19.6 Å². The van der Waals surface area contributed by atoms with Crippen molar-refractivity contribution < 1.29 is 4.79 Å². The molecule has 1 aliphatic rings.